The number of carboxylic acids is 1. The van der Waals surface area contributed by atoms with Crippen molar-refractivity contribution in [1.29, 1.82) is 0 Å². The van der Waals surface area contributed by atoms with Crippen LogP contribution in [0.4, 0.5) is 4.39 Å². The van der Waals surface area contributed by atoms with Crippen LogP contribution in [0.25, 0.3) is 11.5 Å². The summed E-state index contributed by atoms with van der Waals surface area (Å²) in [6.45, 7) is 1.44. The van der Waals surface area contributed by atoms with E-state index in [0.717, 1.165) is 10.9 Å². The third-order valence-electron chi connectivity index (χ3n) is 2.17. The molecule has 2 rings (SSSR count). The standard InChI is InChI=1S/C9H8FN5O2/c1-5(9(16)17)15-8(12-13-14-15)7-3-2-6(10)4-11-7/h2-5H,1H3,(H,16,17). The lowest BCUT2D eigenvalue weighted by atomic mass is 10.3. The summed E-state index contributed by atoms with van der Waals surface area (Å²) in [5.74, 6) is -1.38. The van der Waals surface area contributed by atoms with Crippen molar-refractivity contribution in [3.63, 3.8) is 0 Å². The maximum atomic E-state index is 12.7. The van der Waals surface area contributed by atoms with Gasteiger partial charge in [0, 0.05) is 0 Å². The highest BCUT2D eigenvalue weighted by molar-refractivity contribution is 5.72. The van der Waals surface area contributed by atoms with Gasteiger partial charge in [0.25, 0.3) is 0 Å². The van der Waals surface area contributed by atoms with Crippen molar-refractivity contribution in [1.82, 2.24) is 25.2 Å². The summed E-state index contributed by atoms with van der Waals surface area (Å²) in [7, 11) is 0. The van der Waals surface area contributed by atoms with Crippen molar-refractivity contribution >= 4 is 5.97 Å². The lowest BCUT2D eigenvalue weighted by Gasteiger charge is -2.07. The second-order valence-corrected chi connectivity index (χ2v) is 3.32. The predicted octanol–water partition coefficient (Wildman–Crippen LogP) is 0.520. The summed E-state index contributed by atoms with van der Waals surface area (Å²) >= 11 is 0. The van der Waals surface area contributed by atoms with E-state index >= 15 is 0 Å². The number of carboxylic acid groups (broad SMARTS) is 1. The molecular formula is C9H8FN5O2. The van der Waals surface area contributed by atoms with Gasteiger partial charge in [-0.1, -0.05) is 0 Å². The molecule has 0 aromatic carbocycles. The fraction of sp³-hybridized carbons (Fsp3) is 0.222. The molecule has 0 bridgehead atoms. The molecule has 0 amide bonds. The molecule has 2 aromatic heterocycles. The zero-order valence-electron chi connectivity index (χ0n) is 8.78. The quantitative estimate of drug-likeness (QED) is 0.836. The van der Waals surface area contributed by atoms with Gasteiger partial charge in [0.1, 0.15) is 11.5 Å². The molecule has 88 valence electrons. The minimum Gasteiger partial charge on any atom is -0.480 e. The summed E-state index contributed by atoms with van der Waals surface area (Å²) in [5, 5.41) is 19.5. The molecule has 1 N–H and O–H groups in total. The van der Waals surface area contributed by atoms with E-state index in [9.17, 15) is 9.18 Å². The maximum absolute atomic E-state index is 12.7. The van der Waals surface area contributed by atoms with Crippen LogP contribution in [0.1, 0.15) is 13.0 Å². The average Bonchev–Trinajstić information content (AvgIpc) is 2.77. The Kier molecular flexibility index (Phi) is 2.77. The van der Waals surface area contributed by atoms with Crippen LogP contribution in [0, 0.1) is 5.82 Å². The van der Waals surface area contributed by atoms with E-state index in [1.54, 1.807) is 0 Å². The van der Waals surface area contributed by atoms with Gasteiger partial charge in [-0.05, 0) is 29.5 Å². The van der Waals surface area contributed by atoms with Gasteiger partial charge in [-0.15, -0.1) is 5.10 Å². The van der Waals surface area contributed by atoms with E-state index in [1.165, 1.54) is 19.1 Å². The van der Waals surface area contributed by atoms with Gasteiger partial charge in [-0.2, -0.15) is 0 Å². The van der Waals surface area contributed by atoms with E-state index < -0.39 is 17.8 Å². The fourth-order valence-electron chi connectivity index (χ4n) is 1.24. The summed E-state index contributed by atoms with van der Waals surface area (Å²) in [4.78, 5) is 14.6. The second kappa shape index (κ2) is 4.24. The molecule has 0 spiro atoms. The first-order valence-electron chi connectivity index (χ1n) is 4.72. The molecule has 7 nitrogen and oxygen atoms in total. The molecule has 0 fully saturated rings. The summed E-state index contributed by atoms with van der Waals surface area (Å²) < 4.78 is 13.8. The Labute approximate surface area is 94.9 Å². The minimum atomic E-state index is -1.07. The molecule has 0 aliphatic rings. The van der Waals surface area contributed by atoms with Crippen molar-refractivity contribution in [2.24, 2.45) is 0 Å². The van der Waals surface area contributed by atoms with Crippen LogP contribution >= 0.6 is 0 Å². The molecule has 8 heteroatoms. The number of hydrogen-bond acceptors (Lipinski definition) is 5. The number of carbonyl (C=O) groups is 1. The normalized spacial score (nSPS) is 12.4. The summed E-state index contributed by atoms with van der Waals surface area (Å²) in [5.41, 5.74) is 0.310. The number of tetrazole rings is 1. The topological polar surface area (TPSA) is 93.8 Å². The Hall–Kier alpha value is -2.38. The highest BCUT2D eigenvalue weighted by atomic mass is 19.1. The predicted molar refractivity (Wildman–Crippen MR) is 53.4 cm³/mol. The third kappa shape index (κ3) is 2.10. The smallest absolute Gasteiger partial charge is 0.328 e. The lowest BCUT2D eigenvalue weighted by Crippen LogP contribution is -2.18. The molecular weight excluding hydrogens is 229 g/mol. The Balaban J connectivity index is 2.43. The van der Waals surface area contributed by atoms with Crippen LogP contribution in [0.3, 0.4) is 0 Å². The Morgan fingerprint density at radius 3 is 2.88 bits per heavy atom. The molecule has 1 unspecified atom stereocenters. The van der Waals surface area contributed by atoms with Crippen molar-refractivity contribution in [3.05, 3.63) is 24.1 Å². The van der Waals surface area contributed by atoms with Gasteiger partial charge in [0.2, 0.25) is 5.82 Å². The first-order chi connectivity index (χ1) is 8.09. The molecule has 0 aliphatic carbocycles. The van der Waals surface area contributed by atoms with Gasteiger partial charge in [-0.25, -0.2) is 18.9 Å². The van der Waals surface area contributed by atoms with Crippen molar-refractivity contribution in [3.8, 4) is 11.5 Å². The third-order valence-corrected chi connectivity index (χ3v) is 2.17. The van der Waals surface area contributed by atoms with E-state index in [2.05, 4.69) is 20.5 Å². The zero-order valence-corrected chi connectivity index (χ0v) is 8.78. The molecule has 17 heavy (non-hydrogen) atoms. The van der Waals surface area contributed by atoms with E-state index in [1.807, 2.05) is 0 Å². The summed E-state index contributed by atoms with van der Waals surface area (Å²) in [6, 6.07) is 1.66. The largest absolute Gasteiger partial charge is 0.480 e. The average molecular weight is 237 g/mol. The highest BCUT2D eigenvalue weighted by Crippen LogP contribution is 2.16. The molecule has 2 aromatic rings. The van der Waals surface area contributed by atoms with Crippen LogP contribution in [0.5, 0.6) is 0 Å². The van der Waals surface area contributed by atoms with E-state index in [4.69, 9.17) is 5.11 Å². The lowest BCUT2D eigenvalue weighted by molar-refractivity contribution is -0.140. The van der Waals surface area contributed by atoms with Gasteiger partial charge in [0.05, 0.1) is 6.20 Å². The van der Waals surface area contributed by atoms with E-state index in [0.29, 0.717) is 5.69 Å². The first-order valence-corrected chi connectivity index (χ1v) is 4.72. The number of aliphatic carboxylic acids is 1. The Morgan fingerprint density at radius 1 is 1.53 bits per heavy atom. The minimum absolute atomic E-state index is 0.180. The van der Waals surface area contributed by atoms with Crippen LogP contribution in [0.2, 0.25) is 0 Å². The molecule has 2 heterocycles. The molecule has 0 radical (unpaired) electrons. The van der Waals surface area contributed by atoms with Gasteiger partial charge < -0.3 is 5.11 Å². The number of halogens is 1. The Morgan fingerprint density at radius 2 is 2.29 bits per heavy atom. The number of aromatic nitrogens is 5. The SMILES string of the molecule is CC(C(=O)O)n1nnnc1-c1ccc(F)cn1. The van der Waals surface area contributed by atoms with Crippen molar-refractivity contribution in [2.45, 2.75) is 13.0 Å². The maximum Gasteiger partial charge on any atom is 0.328 e. The number of nitrogens with zero attached hydrogens (tertiary/aromatic N) is 5. The number of hydrogen-bond donors (Lipinski definition) is 1. The zero-order chi connectivity index (χ0) is 12.4. The van der Waals surface area contributed by atoms with Crippen molar-refractivity contribution < 1.29 is 14.3 Å². The van der Waals surface area contributed by atoms with Crippen LogP contribution in [-0.2, 0) is 4.79 Å². The van der Waals surface area contributed by atoms with Crippen LogP contribution < -0.4 is 0 Å². The first kappa shape index (κ1) is 11.1. The second-order valence-electron chi connectivity index (χ2n) is 3.32. The number of pyridine rings is 1. The fourth-order valence-corrected chi connectivity index (χ4v) is 1.24. The Bertz CT molecular complexity index is 539. The molecule has 0 aliphatic heterocycles. The summed E-state index contributed by atoms with van der Waals surface area (Å²) in [6.07, 6.45) is 1.01. The monoisotopic (exact) mass is 237 g/mol. The van der Waals surface area contributed by atoms with Gasteiger partial charge in [0.15, 0.2) is 6.04 Å². The van der Waals surface area contributed by atoms with E-state index in [-0.39, 0.29) is 5.82 Å². The molecule has 0 saturated carbocycles. The van der Waals surface area contributed by atoms with Gasteiger partial charge >= 0.3 is 5.97 Å². The van der Waals surface area contributed by atoms with Crippen LogP contribution in [0.15, 0.2) is 18.3 Å². The molecule has 1 atom stereocenters. The molecule has 0 saturated heterocycles. The highest BCUT2D eigenvalue weighted by Gasteiger charge is 2.20. The van der Waals surface area contributed by atoms with Crippen molar-refractivity contribution in [2.75, 3.05) is 0 Å². The van der Waals surface area contributed by atoms with Crippen LogP contribution in [-0.4, -0.2) is 36.3 Å². The van der Waals surface area contributed by atoms with Gasteiger partial charge in [-0.3, -0.25) is 0 Å². The number of rotatable bonds is 3.